The van der Waals surface area contributed by atoms with Crippen LogP contribution in [-0.4, -0.2) is 18.3 Å². The second kappa shape index (κ2) is 9.72. The van der Waals surface area contributed by atoms with Crippen LogP contribution in [-0.2, 0) is 0 Å². The molecule has 0 heterocycles. The molecule has 1 aromatic rings. The highest BCUT2D eigenvalue weighted by Crippen LogP contribution is 2.19. The molecule has 0 aliphatic rings. The lowest BCUT2D eigenvalue weighted by Gasteiger charge is -2.16. The summed E-state index contributed by atoms with van der Waals surface area (Å²) in [6.07, 6.45) is 0.841. The molecule has 2 nitrogen and oxygen atoms in total. The maximum atomic E-state index is 8.56. The first kappa shape index (κ1) is 16.7. The summed E-state index contributed by atoms with van der Waals surface area (Å²) in [6, 6.07) is 7.19. The summed E-state index contributed by atoms with van der Waals surface area (Å²) in [7, 11) is 0. The Morgan fingerprint density at radius 3 is 1.82 bits per heavy atom. The Kier molecular flexibility index (Phi) is 9.56. The normalized spacial score (nSPS) is 11.9. The van der Waals surface area contributed by atoms with Crippen LogP contribution in [0.15, 0.2) is 24.3 Å². The lowest BCUT2D eigenvalue weighted by molar-refractivity contribution is 0.234. The van der Waals surface area contributed by atoms with Crippen molar-refractivity contribution in [3.05, 3.63) is 34.3 Å². The average Bonchev–Trinajstić information content (AvgIpc) is 2.30. The van der Waals surface area contributed by atoms with Crippen LogP contribution in [0.5, 0.6) is 0 Å². The SMILES string of the molecule is CC(C)C(CN)CCO.Clc1ccccc1Cl. The zero-order valence-electron chi connectivity index (χ0n) is 10.4. The predicted molar refractivity (Wildman–Crippen MR) is 75.5 cm³/mol. The Morgan fingerprint density at radius 1 is 1.18 bits per heavy atom. The highest BCUT2D eigenvalue weighted by molar-refractivity contribution is 6.41. The van der Waals surface area contributed by atoms with Crippen molar-refractivity contribution in [1.82, 2.24) is 0 Å². The highest BCUT2D eigenvalue weighted by atomic mass is 35.5. The number of hydrogen-bond acceptors (Lipinski definition) is 2. The van der Waals surface area contributed by atoms with Crippen LogP contribution >= 0.6 is 23.2 Å². The molecule has 4 heteroatoms. The molecule has 0 radical (unpaired) electrons. The summed E-state index contributed by atoms with van der Waals surface area (Å²) in [5.41, 5.74) is 5.45. The molecule has 0 spiro atoms. The molecule has 1 unspecified atom stereocenters. The van der Waals surface area contributed by atoms with E-state index < -0.39 is 0 Å². The van der Waals surface area contributed by atoms with Crippen LogP contribution in [0.25, 0.3) is 0 Å². The molecule has 0 amide bonds. The Labute approximate surface area is 114 Å². The van der Waals surface area contributed by atoms with Gasteiger partial charge in [0.05, 0.1) is 10.0 Å². The van der Waals surface area contributed by atoms with E-state index in [0.29, 0.717) is 28.4 Å². The molecule has 3 N–H and O–H groups in total. The summed E-state index contributed by atoms with van der Waals surface area (Å²) < 4.78 is 0. The molecule has 0 saturated heterocycles. The second-order valence-electron chi connectivity index (χ2n) is 4.17. The lowest BCUT2D eigenvalue weighted by atomic mass is 9.93. The van der Waals surface area contributed by atoms with E-state index in [2.05, 4.69) is 13.8 Å². The van der Waals surface area contributed by atoms with Gasteiger partial charge in [-0.15, -0.1) is 0 Å². The van der Waals surface area contributed by atoms with Crippen molar-refractivity contribution in [2.45, 2.75) is 20.3 Å². The third-order valence-electron chi connectivity index (χ3n) is 2.57. The maximum absolute atomic E-state index is 8.56. The summed E-state index contributed by atoms with van der Waals surface area (Å²) in [6.45, 7) is 5.22. The fourth-order valence-electron chi connectivity index (χ4n) is 1.33. The van der Waals surface area contributed by atoms with Gasteiger partial charge < -0.3 is 10.8 Å². The molecule has 0 aliphatic heterocycles. The molecule has 0 bridgehead atoms. The largest absolute Gasteiger partial charge is 0.396 e. The minimum atomic E-state index is 0.264. The minimum Gasteiger partial charge on any atom is -0.396 e. The molecule has 0 saturated carbocycles. The Balaban J connectivity index is 0.000000302. The third kappa shape index (κ3) is 7.61. The monoisotopic (exact) mass is 277 g/mol. The van der Waals surface area contributed by atoms with Gasteiger partial charge in [-0.25, -0.2) is 0 Å². The summed E-state index contributed by atoms with van der Waals surface area (Å²) >= 11 is 11.2. The number of benzene rings is 1. The quantitative estimate of drug-likeness (QED) is 0.884. The van der Waals surface area contributed by atoms with Gasteiger partial charge in [-0.05, 0) is 36.9 Å². The topological polar surface area (TPSA) is 46.2 Å². The Bertz CT molecular complexity index is 284. The molecule has 1 aromatic carbocycles. The van der Waals surface area contributed by atoms with Gasteiger partial charge in [0, 0.05) is 6.61 Å². The molecule has 0 aliphatic carbocycles. The van der Waals surface area contributed by atoms with Gasteiger partial charge in [-0.3, -0.25) is 0 Å². The van der Waals surface area contributed by atoms with Crippen molar-refractivity contribution in [3.63, 3.8) is 0 Å². The van der Waals surface area contributed by atoms with E-state index in [-0.39, 0.29) is 6.61 Å². The molecule has 1 atom stereocenters. The minimum absolute atomic E-state index is 0.264. The van der Waals surface area contributed by atoms with Gasteiger partial charge in [-0.1, -0.05) is 49.2 Å². The van der Waals surface area contributed by atoms with Gasteiger partial charge in [0.15, 0.2) is 0 Å². The van der Waals surface area contributed by atoms with E-state index in [1.807, 2.05) is 12.1 Å². The zero-order valence-corrected chi connectivity index (χ0v) is 11.9. The zero-order chi connectivity index (χ0) is 13.3. The van der Waals surface area contributed by atoms with Crippen molar-refractivity contribution in [1.29, 1.82) is 0 Å². The van der Waals surface area contributed by atoms with Crippen molar-refractivity contribution < 1.29 is 5.11 Å². The Hall–Kier alpha value is -0.280. The van der Waals surface area contributed by atoms with Crippen molar-refractivity contribution in [2.24, 2.45) is 17.6 Å². The van der Waals surface area contributed by atoms with E-state index in [1.165, 1.54) is 0 Å². The average molecular weight is 278 g/mol. The van der Waals surface area contributed by atoms with Gasteiger partial charge in [0.2, 0.25) is 0 Å². The predicted octanol–water partition coefficient (Wildman–Crippen LogP) is 3.59. The molecule has 0 fully saturated rings. The number of rotatable bonds is 4. The van der Waals surface area contributed by atoms with Crippen LogP contribution in [0.4, 0.5) is 0 Å². The highest BCUT2D eigenvalue weighted by Gasteiger charge is 2.09. The van der Waals surface area contributed by atoms with Crippen LogP contribution in [0.1, 0.15) is 20.3 Å². The smallest absolute Gasteiger partial charge is 0.0592 e. The molecular weight excluding hydrogens is 257 g/mol. The number of halogens is 2. The first-order chi connectivity index (χ1) is 8.02. The molecular formula is C13H21Cl2NO. The van der Waals surface area contributed by atoms with Gasteiger partial charge >= 0.3 is 0 Å². The number of nitrogens with two attached hydrogens (primary N) is 1. The van der Waals surface area contributed by atoms with Crippen molar-refractivity contribution in [3.8, 4) is 0 Å². The molecule has 1 rings (SSSR count). The van der Waals surface area contributed by atoms with Crippen LogP contribution < -0.4 is 5.73 Å². The number of aliphatic hydroxyl groups excluding tert-OH is 1. The van der Waals surface area contributed by atoms with Gasteiger partial charge in [-0.2, -0.15) is 0 Å². The van der Waals surface area contributed by atoms with E-state index >= 15 is 0 Å². The first-order valence-electron chi connectivity index (χ1n) is 5.73. The van der Waals surface area contributed by atoms with Crippen LogP contribution in [0.2, 0.25) is 10.0 Å². The van der Waals surface area contributed by atoms with Crippen molar-refractivity contribution >= 4 is 23.2 Å². The van der Waals surface area contributed by atoms with Gasteiger partial charge in [0.1, 0.15) is 0 Å². The van der Waals surface area contributed by atoms with E-state index in [9.17, 15) is 0 Å². The molecule has 0 aromatic heterocycles. The summed E-state index contributed by atoms with van der Waals surface area (Å²) in [4.78, 5) is 0. The number of aliphatic hydroxyl groups is 1. The maximum Gasteiger partial charge on any atom is 0.0592 e. The van der Waals surface area contributed by atoms with E-state index in [4.69, 9.17) is 34.0 Å². The third-order valence-corrected chi connectivity index (χ3v) is 3.33. The fourth-order valence-corrected chi connectivity index (χ4v) is 1.60. The fraction of sp³-hybridized carbons (Fsp3) is 0.538. The summed E-state index contributed by atoms with van der Waals surface area (Å²) in [5, 5.41) is 9.77. The molecule has 17 heavy (non-hydrogen) atoms. The van der Waals surface area contributed by atoms with E-state index in [1.54, 1.807) is 12.1 Å². The van der Waals surface area contributed by atoms with Crippen LogP contribution in [0, 0.1) is 11.8 Å². The van der Waals surface area contributed by atoms with Crippen molar-refractivity contribution in [2.75, 3.05) is 13.2 Å². The number of hydrogen-bond donors (Lipinski definition) is 2. The van der Waals surface area contributed by atoms with Gasteiger partial charge in [0.25, 0.3) is 0 Å². The second-order valence-corrected chi connectivity index (χ2v) is 4.98. The first-order valence-corrected chi connectivity index (χ1v) is 6.49. The lowest BCUT2D eigenvalue weighted by Crippen LogP contribution is -2.20. The van der Waals surface area contributed by atoms with Crippen LogP contribution in [0.3, 0.4) is 0 Å². The standard InChI is InChI=1S/C7H17NO.C6H4Cl2/c1-6(2)7(5-8)3-4-9;7-5-3-1-2-4-6(5)8/h6-7,9H,3-5,8H2,1-2H3;1-4H. The molecule has 98 valence electrons. The van der Waals surface area contributed by atoms with E-state index in [0.717, 1.165) is 6.42 Å². The Morgan fingerprint density at radius 2 is 1.65 bits per heavy atom. The summed E-state index contributed by atoms with van der Waals surface area (Å²) in [5.74, 6) is 1.09.